The van der Waals surface area contributed by atoms with E-state index in [9.17, 15) is 22.8 Å². The van der Waals surface area contributed by atoms with Crippen molar-refractivity contribution >= 4 is 11.9 Å². The van der Waals surface area contributed by atoms with Crippen molar-refractivity contribution in [2.75, 3.05) is 6.54 Å². The van der Waals surface area contributed by atoms with Gasteiger partial charge in [0, 0.05) is 12.6 Å². The summed E-state index contributed by atoms with van der Waals surface area (Å²) >= 11 is 0. The van der Waals surface area contributed by atoms with E-state index in [1.54, 1.807) is 13.8 Å². The quantitative estimate of drug-likeness (QED) is 0.910. The Morgan fingerprint density at radius 2 is 2.04 bits per heavy atom. The van der Waals surface area contributed by atoms with Crippen LogP contribution in [0.15, 0.2) is 24.3 Å². The van der Waals surface area contributed by atoms with Gasteiger partial charge in [-0.1, -0.05) is 25.1 Å². The van der Waals surface area contributed by atoms with Gasteiger partial charge < -0.3 is 10.0 Å². The number of halogens is 3. The number of nitrogens with zero attached hydrogens (tertiary/aromatic N) is 1. The third-order valence-electron chi connectivity index (χ3n) is 4.68. The third-order valence-corrected chi connectivity index (χ3v) is 4.68. The topological polar surface area (TPSA) is 57.6 Å². The zero-order chi connectivity index (χ0) is 18.1. The van der Waals surface area contributed by atoms with Gasteiger partial charge in [-0.2, -0.15) is 13.2 Å². The molecule has 1 fully saturated rings. The van der Waals surface area contributed by atoms with Crippen LogP contribution < -0.4 is 0 Å². The number of hydrogen-bond donors (Lipinski definition) is 1. The Bertz CT molecular complexity index is 630. The van der Waals surface area contributed by atoms with E-state index in [1.807, 2.05) is 0 Å². The average molecular weight is 343 g/mol. The minimum Gasteiger partial charge on any atom is -0.481 e. The minimum atomic E-state index is -4.47. The van der Waals surface area contributed by atoms with Crippen molar-refractivity contribution in [1.29, 1.82) is 0 Å². The molecule has 3 atom stereocenters. The normalized spacial score (nSPS) is 22.5. The summed E-state index contributed by atoms with van der Waals surface area (Å²) in [5.41, 5.74) is -0.479. The number of hydrogen-bond acceptors (Lipinski definition) is 2. The standard InChI is InChI=1S/C17H20F3NO3/c1-3-13(11-5-4-6-12(9-11)17(18,19)20)15(22)21-8-7-14(10(21)2)16(23)24/h4-6,9-10,13-14H,3,7-8H2,1-2H3,(H,23,24). The molecule has 1 amide bonds. The summed E-state index contributed by atoms with van der Waals surface area (Å²) in [6.07, 6.45) is -3.75. The van der Waals surface area contributed by atoms with Crippen LogP contribution in [0.1, 0.15) is 43.7 Å². The zero-order valence-corrected chi connectivity index (χ0v) is 13.5. The van der Waals surface area contributed by atoms with Crippen LogP contribution >= 0.6 is 0 Å². The SMILES string of the molecule is CCC(C(=O)N1CCC(C(=O)O)C1C)c1cccc(C(F)(F)F)c1. The second-order valence-electron chi connectivity index (χ2n) is 6.09. The molecule has 3 unspecified atom stereocenters. The van der Waals surface area contributed by atoms with Gasteiger partial charge in [-0.3, -0.25) is 9.59 Å². The van der Waals surface area contributed by atoms with Crippen LogP contribution in [-0.4, -0.2) is 34.5 Å². The molecule has 1 N–H and O–H groups in total. The van der Waals surface area contributed by atoms with Gasteiger partial charge in [-0.25, -0.2) is 0 Å². The molecule has 24 heavy (non-hydrogen) atoms. The highest BCUT2D eigenvalue weighted by Gasteiger charge is 2.40. The van der Waals surface area contributed by atoms with Gasteiger partial charge in [0.05, 0.1) is 17.4 Å². The van der Waals surface area contributed by atoms with Gasteiger partial charge in [0.1, 0.15) is 0 Å². The number of amides is 1. The summed E-state index contributed by atoms with van der Waals surface area (Å²) in [6, 6.07) is 4.31. The highest BCUT2D eigenvalue weighted by atomic mass is 19.4. The molecule has 1 aromatic carbocycles. The molecule has 1 aromatic rings. The molecule has 4 nitrogen and oxygen atoms in total. The predicted molar refractivity (Wildman–Crippen MR) is 81.4 cm³/mol. The molecule has 1 aliphatic rings. The van der Waals surface area contributed by atoms with E-state index in [2.05, 4.69) is 0 Å². The Morgan fingerprint density at radius 3 is 2.54 bits per heavy atom. The van der Waals surface area contributed by atoms with Crippen LogP contribution in [0.5, 0.6) is 0 Å². The van der Waals surface area contributed by atoms with Crippen molar-refractivity contribution in [2.45, 2.75) is 44.8 Å². The summed E-state index contributed by atoms with van der Waals surface area (Å²) in [5.74, 6) is -2.60. The maximum absolute atomic E-state index is 12.9. The summed E-state index contributed by atoms with van der Waals surface area (Å²) < 4.78 is 38.6. The van der Waals surface area contributed by atoms with Crippen LogP contribution in [0.4, 0.5) is 13.2 Å². The number of benzene rings is 1. The fraction of sp³-hybridized carbons (Fsp3) is 0.529. The predicted octanol–water partition coefficient (Wildman–Crippen LogP) is 3.52. The molecule has 1 heterocycles. The lowest BCUT2D eigenvalue weighted by Gasteiger charge is -2.28. The van der Waals surface area contributed by atoms with Crippen LogP contribution in [0.3, 0.4) is 0 Å². The summed E-state index contributed by atoms with van der Waals surface area (Å²) in [5, 5.41) is 9.16. The van der Waals surface area contributed by atoms with Gasteiger partial charge in [0.15, 0.2) is 0 Å². The zero-order valence-electron chi connectivity index (χ0n) is 13.5. The van der Waals surface area contributed by atoms with E-state index in [-0.39, 0.29) is 5.91 Å². The highest BCUT2D eigenvalue weighted by Crippen LogP contribution is 2.34. The molecule has 0 bridgehead atoms. The fourth-order valence-corrected chi connectivity index (χ4v) is 3.27. The molecular weight excluding hydrogens is 323 g/mol. The van der Waals surface area contributed by atoms with E-state index < -0.39 is 35.6 Å². The summed E-state index contributed by atoms with van der Waals surface area (Å²) in [6.45, 7) is 3.72. The van der Waals surface area contributed by atoms with Gasteiger partial charge >= 0.3 is 12.1 Å². The van der Waals surface area contributed by atoms with E-state index in [4.69, 9.17) is 5.11 Å². The van der Waals surface area contributed by atoms with Crippen molar-refractivity contribution in [3.05, 3.63) is 35.4 Å². The number of carboxylic acids is 1. The molecule has 0 aliphatic carbocycles. The van der Waals surface area contributed by atoms with E-state index in [0.717, 1.165) is 12.1 Å². The lowest BCUT2D eigenvalue weighted by Crippen LogP contribution is -2.40. The smallest absolute Gasteiger partial charge is 0.416 e. The molecule has 0 saturated carbocycles. The van der Waals surface area contributed by atoms with Gasteiger partial charge in [0.25, 0.3) is 0 Å². The molecule has 0 spiro atoms. The number of rotatable bonds is 4. The molecule has 132 valence electrons. The average Bonchev–Trinajstić information content (AvgIpc) is 2.89. The van der Waals surface area contributed by atoms with Crippen molar-refractivity contribution in [1.82, 2.24) is 4.90 Å². The first kappa shape index (κ1) is 18.3. The molecule has 0 radical (unpaired) electrons. The monoisotopic (exact) mass is 343 g/mol. The fourth-order valence-electron chi connectivity index (χ4n) is 3.27. The van der Waals surface area contributed by atoms with Crippen molar-refractivity contribution in [2.24, 2.45) is 5.92 Å². The highest BCUT2D eigenvalue weighted by molar-refractivity contribution is 5.85. The Balaban J connectivity index is 2.26. The largest absolute Gasteiger partial charge is 0.481 e. The first-order valence-corrected chi connectivity index (χ1v) is 7.87. The van der Waals surface area contributed by atoms with Gasteiger partial charge in [-0.05, 0) is 31.4 Å². The van der Waals surface area contributed by atoms with Crippen molar-refractivity contribution < 1.29 is 27.9 Å². The lowest BCUT2D eigenvalue weighted by molar-refractivity contribution is -0.143. The third kappa shape index (κ3) is 3.55. The number of alkyl halides is 3. The number of aliphatic carboxylic acids is 1. The number of carboxylic acid groups (broad SMARTS) is 1. The van der Waals surface area contributed by atoms with E-state index in [0.29, 0.717) is 24.9 Å². The molecule has 0 aromatic heterocycles. The van der Waals surface area contributed by atoms with E-state index in [1.165, 1.54) is 17.0 Å². The Hall–Kier alpha value is -2.05. The second-order valence-corrected chi connectivity index (χ2v) is 6.09. The van der Waals surface area contributed by atoms with Crippen LogP contribution in [0, 0.1) is 5.92 Å². The van der Waals surface area contributed by atoms with Crippen LogP contribution in [0.2, 0.25) is 0 Å². The first-order chi connectivity index (χ1) is 11.2. The maximum Gasteiger partial charge on any atom is 0.416 e. The Labute approximate surface area is 138 Å². The lowest BCUT2D eigenvalue weighted by atomic mass is 9.93. The molecule has 7 heteroatoms. The Morgan fingerprint density at radius 1 is 1.38 bits per heavy atom. The molecular formula is C17H20F3NO3. The molecule has 1 aliphatic heterocycles. The minimum absolute atomic E-state index is 0.309. The summed E-state index contributed by atoms with van der Waals surface area (Å²) in [7, 11) is 0. The molecule has 1 saturated heterocycles. The number of carbonyl (C=O) groups excluding carboxylic acids is 1. The number of likely N-dealkylation sites (tertiary alicyclic amines) is 1. The Kier molecular flexibility index (Phi) is 5.20. The van der Waals surface area contributed by atoms with Gasteiger partial charge in [-0.15, -0.1) is 0 Å². The van der Waals surface area contributed by atoms with Gasteiger partial charge in [0.2, 0.25) is 5.91 Å². The van der Waals surface area contributed by atoms with Crippen LogP contribution in [0.25, 0.3) is 0 Å². The second kappa shape index (κ2) is 6.83. The van der Waals surface area contributed by atoms with Crippen molar-refractivity contribution in [3.63, 3.8) is 0 Å². The summed E-state index contributed by atoms with van der Waals surface area (Å²) in [4.78, 5) is 25.4. The maximum atomic E-state index is 12.9. The molecule has 2 rings (SSSR count). The number of carbonyl (C=O) groups is 2. The first-order valence-electron chi connectivity index (χ1n) is 7.87. The van der Waals surface area contributed by atoms with Crippen LogP contribution in [-0.2, 0) is 15.8 Å². The van der Waals surface area contributed by atoms with E-state index >= 15 is 0 Å². The van der Waals surface area contributed by atoms with Crippen molar-refractivity contribution in [3.8, 4) is 0 Å².